The molecule has 0 N–H and O–H groups in total. The van der Waals surface area contributed by atoms with Crippen LogP contribution in [0, 0.1) is 5.41 Å². The summed E-state index contributed by atoms with van der Waals surface area (Å²) in [5, 5.41) is 0. The van der Waals surface area contributed by atoms with Crippen LogP contribution in [-0.4, -0.2) is 17.5 Å². The van der Waals surface area contributed by atoms with Gasteiger partial charge in [0, 0.05) is 6.42 Å². The Balaban J connectivity index is 2.18. The standard InChI is InChI=1S/C16H20O4/c1-15(2,3)20-14(18)16(4)10-12(19-13(16)17)11-8-6-5-7-9-11/h5-9,12H,10H2,1-4H3/t12-,16-/m0/s1. The third-order valence-electron chi connectivity index (χ3n) is 3.31. The number of ether oxygens (including phenoxy) is 2. The summed E-state index contributed by atoms with van der Waals surface area (Å²) in [6.07, 6.45) is -0.0775. The molecule has 108 valence electrons. The normalized spacial score (nSPS) is 26.2. The lowest BCUT2D eigenvalue weighted by molar-refractivity contribution is -0.172. The van der Waals surface area contributed by atoms with Crippen molar-refractivity contribution >= 4 is 11.9 Å². The van der Waals surface area contributed by atoms with E-state index in [0.29, 0.717) is 6.42 Å². The molecule has 0 spiro atoms. The van der Waals surface area contributed by atoms with Crippen molar-refractivity contribution in [3.05, 3.63) is 35.9 Å². The van der Waals surface area contributed by atoms with E-state index in [-0.39, 0.29) is 6.10 Å². The average Bonchev–Trinajstić information content (AvgIpc) is 2.66. The van der Waals surface area contributed by atoms with Crippen molar-refractivity contribution in [3.63, 3.8) is 0 Å². The smallest absolute Gasteiger partial charge is 0.323 e. The average molecular weight is 276 g/mol. The fourth-order valence-corrected chi connectivity index (χ4v) is 2.17. The molecule has 0 unspecified atom stereocenters. The van der Waals surface area contributed by atoms with Gasteiger partial charge in [0.2, 0.25) is 0 Å². The summed E-state index contributed by atoms with van der Waals surface area (Å²) >= 11 is 0. The van der Waals surface area contributed by atoms with Gasteiger partial charge in [-0.05, 0) is 33.3 Å². The molecule has 20 heavy (non-hydrogen) atoms. The zero-order valence-electron chi connectivity index (χ0n) is 12.3. The molecule has 1 aromatic rings. The summed E-state index contributed by atoms with van der Waals surface area (Å²) in [7, 11) is 0. The molecule has 0 bridgehead atoms. The Morgan fingerprint density at radius 1 is 1.30 bits per heavy atom. The van der Waals surface area contributed by atoms with Crippen molar-refractivity contribution in [2.24, 2.45) is 5.41 Å². The number of esters is 2. The van der Waals surface area contributed by atoms with Crippen molar-refractivity contribution in [3.8, 4) is 0 Å². The van der Waals surface area contributed by atoms with E-state index in [1.807, 2.05) is 30.3 Å². The van der Waals surface area contributed by atoms with Crippen LogP contribution in [0.25, 0.3) is 0 Å². The number of hydrogen-bond donors (Lipinski definition) is 0. The molecule has 0 saturated carbocycles. The minimum Gasteiger partial charge on any atom is -0.459 e. The second-order valence-electron chi connectivity index (χ2n) is 6.34. The lowest BCUT2D eigenvalue weighted by Crippen LogP contribution is -2.38. The molecular weight excluding hydrogens is 256 g/mol. The second kappa shape index (κ2) is 4.93. The van der Waals surface area contributed by atoms with Gasteiger partial charge in [0.05, 0.1) is 0 Å². The van der Waals surface area contributed by atoms with E-state index in [2.05, 4.69) is 0 Å². The van der Waals surface area contributed by atoms with Crippen molar-refractivity contribution in [1.82, 2.24) is 0 Å². The van der Waals surface area contributed by atoms with E-state index < -0.39 is 23.0 Å². The predicted octanol–water partition coefficient (Wildman–Crippen LogP) is 3.02. The molecule has 0 aromatic heterocycles. The van der Waals surface area contributed by atoms with E-state index in [1.54, 1.807) is 27.7 Å². The second-order valence-corrected chi connectivity index (χ2v) is 6.34. The Morgan fingerprint density at radius 3 is 2.45 bits per heavy atom. The lowest BCUT2D eigenvalue weighted by Gasteiger charge is -2.25. The molecule has 2 rings (SSSR count). The first-order valence-electron chi connectivity index (χ1n) is 6.72. The molecule has 0 radical (unpaired) electrons. The Hall–Kier alpha value is -1.84. The van der Waals surface area contributed by atoms with Gasteiger partial charge in [0.25, 0.3) is 0 Å². The molecule has 4 heteroatoms. The van der Waals surface area contributed by atoms with E-state index >= 15 is 0 Å². The Bertz CT molecular complexity index is 515. The monoisotopic (exact) mass is 276 g/mol. The van der Waals surface area contributed by atoms with Crippen LogP contribution in [0.4, 0.5) is 0 Å². The molecule has 0 amide bonds. The SMILES string of the molecule is CC(C)(C)OC(=O)[C@@]1(C)C[C@@H](c2ccccc2)OC1=O. The van der Waals surface area contributed by atoms with Gasteiger partial charge in [-0.1, -0.05) is 30.3 Å². The van der Waals surface area contributed by atoms with Gasteiger partial charge in [0.15, 0.2) is 5.41 Å². The van der Waals surface area contributed by atoms with Crippen molar-refractivity contribution < 1.29 is 19.1 Å². The molecule has 1 heterocycles. The van der Waals surface area contributed by atoms with Crippen LogP contribution >= 0.6 is 0 Å². The molecule has 2 atom stereocenters. The number of cyclic esters (lactones) is 1. The molecule has 0 aliphatic carbocycles. The molecule has 1 aromatic carbocycles. The molecule has 1 fully saturated rings. The van der Waals surface area contributed by atoms with Gasteiger partial charge in [0.1, 0.15) is 11.7 Å². The highest BCUT2D eigenvalue weighted by molar-refractivity contribution is 6.01. The van der Waals surface area contributed by atoms with E-state index in [9.17, 15) is 9.59 Å². The first-order valence-corrected chi connectivity index (χ1v) is 6.72. The summed E-state index contributed by atoms with van der Waals surface area (Å²) < 4.78 is 10.7. The summed E-state index contributed by atoms with van der Waals surface area (Å²) in [6.45, 7) is 6.93. The van der Waals surface area contributed by atoms with E-state index in [4.69, 9.17) is 9.47 Å². The van der Waals surface area contributed by atoms with Gasteiger partial charge < -0.3 is 9.47 Å². The van der Waals surface area contributed by atoms with Gasteiger partial charge in [-0.15, -0.1) is 0 Å². The minimum atomic E-state index is -1.23. The zero-order valence-corrected chi connectivity index (χ0v) is 12.3. The summed E-state index contributed by atoms with van der Waals surface area (Å²) in [6, 6.07) is 9.43. The summed E-state index contributed by atoms with van der Waals surface area (Å²) in [5.74, 6) is -1.03. The summed E-state index contributed by atoms with van der Waals surface area (Å²) in [5.41, 5.74) is -0.952. The maximum atomic E-state index is 12.2. The fourth-order valence-electron chi connectivity index (χ4n) is 2.17. The van der Waals surface area contributed by atoms with Crippen molar-refractivity contribution in [2.45, 2.75) is 45.8 Å². The Labute approximate surface area is 119 Å². The topological polar surface area (TPSA) is 52.6 Å². The minimum absolute atomic E-state index is 0.310. The molecule has 1 aliphatic rings. The Morgan fingerprint density at radius 2 is 1.90 bits per heavy atom. The summed E-state index contributed by atoms with van der Waals surface area (Å²) in [4.78, 5) is 24.3. The number of benzene rings is 1. The van der Waals surface area contributed by atoms with E-state index in [1.165, 1.54) is 0 Å². The van der Waals surface area contributed by atoms with Gasteiger partial charge >= 0.3 is 11.9 Å². The molecule has 4 nitrogen and oxygen atoms in total. The first-order chi connectivity index (χ1) is 9.22. The predicted molar refractivity (Wildman–Crippen MR) is 73.8 cm³/mol. The highest BCUT2D eigenvalue weighted by Gasteiger charge is 2.53. The number of rotatable bonds is 2. The van der Waals surface area contributed by atoms with Gasteiger partial charge in [-0.2, -0.15) is 0 Å². The number of carbonyl (C=O) groups is 2. The Kier molecular flexibility index (Phi) is 3.59. The third kappa shape index (κ3) is 2.84. The van der Waals surface area contributed by atoms with Crippen molar-refractivity contribution in [2.75, 3.05) is 0 Å². The molecular formula is C16H20O4. The fraction of sp³-hybridized carbons (Fsp3) is 0.500. The van der Waals surface area contributed by atoms with Crippen LogP contribution in [0.1, 0.15) is 45.8 Å². The largest absolute Gasteiger partial charge is 0.459 e. The maximum absolute atomic E-state index is 12.2. The van der Waals surface area contributed by atoms with Crippen LogP contribution in [0.3, 0.4) is 0 Å². The number of hydrogen-bond acceptors (Lipinski definition) is 4. The lowest BCUT2D eigenvalue weighted by atomic mass is 9.85. The van der Waals surface area contributed by atoms with Crippen LogP contribution in [0.2, 0.25) is 0 Å². The number of carbonyl (C=O) groups excluding carboxylic acids is 2. The quantitative estimate of drug-likeness (QED) is 0.615. The van der Waals surface area contributed by atoms with Gasteiger partial charge in [-0.25, -0.2) is 0 Å². The third-order valence-corrected chi connectivity index (χ3v) is 3.31. The van der Waals surface area contributed by atoms with Crippen LogP contribution in [-0.2, 0) is 19.1 Å². The van der Waals surface area contributed by atoms with Crippen LogP contribution in [0.5, 0.6) is 0 Å². The molecule has 1 aliphatic heterocycles. The van der Waals surface area contributed by atoms with Crippen molar-refractivity contribution in [1.29, 1.82) is 0 Å². The van der Waals surface area contributed by atoms with Gasteiger partial charge in [-0.3, -0.25) is 9.59 Å². The highest BCUT2D eigenvalue weighted by Crippen LogP contribution is 2.43. The zero-order chi connectivity index (χ0) is 15.0. The maximum Gasteiger partial charge on any atom is 0.323 e. The molecule has 1 saturated heterocycles. The van der Waals surface area contributed by atoms with Crippen LogP contribution in [0.15, 0.2) is 30.3 Å². The van der Waals surface area contributed by atoms with Crippen LogP contribution < -0.4 is 0 Å². The highest BCUT2D eigenvalue weighted by atomic mass is 16.6. The first kappa shape index (κ1) is 14.6. The van der Waals surface area contributed by atoms with E-state index in [0.717, 1.165) is 5.56 Å².